The van der Waals surface area contributed by atoms with Gasteiger partial charge >= 0.3 is 12.1 Å². The minimum absolute atomic E-state index is 0.0854. The zero-order chi connectivity index (χ0) is 21.7. The van der Waals surface area contributed by atoms with Gasteiger partial charge in [0, 0.05) is 12.0 Å². The van der Waals surface area contributed by atoms with Crippen LogP contribution < -0.4 is 4.72 Å². The van der Waals surface area contributed by atoms with Crippen LogP contribution in [0.5, 0.6) is 0 Å². The van der Waals surface area contributed by atoms with Crippen LogP contribution in [0.25, 0.3) is 10.6 Å². The van der Waals surface area contributed by atoms with E-state index >= 15 is 0 Å². The summed E-state index contributed by atoms with van der Waals surface area (Å²) in [7, 11) is -4.24. The van der Waals surface area contributed by atoms with Crippen LogP contribution in [-0.2, 0) is 21.0 Å². The van der Waals surface area contributed by atoms with Crippen molar-refractivity contribution in [1.82, 2.24) is 9.88 Å². The lowest BCUT2D eigenvalue weighted by Crippen LogP contribution is -2.44. The Hall–Kier alpha value is -2.70. The van der Waals surface area contributed by atoms with Gasteiger partial charge in [-0.15, -0.1) is 11.3 Å². The molecule has 4 rings (SSSR count). The molecule has 2 N–H and O–H groups in total. The van der Waals surface area contributed by atoms with Gasteiger partial charge in [-0.25, -0.2) is 8.42 Å². The Bertz CT molecular complexity index is 1200. The molecule has 0 spiro atoms. The average molecular weight is 458 g/mol. The fourth-order valence-electron chi connectivity index (χ4n) is 3.16. The van der Waals surface area contributed by atoms with Gasteiger partial charge in [-0.3, -0.25) is 4.79 Å². The van der Waals surface area contributed by atoms with Crippen molar-refractivity contribution >= 4 is 27.3 Å². The predicted molar refractivity (Wildman–Crippen MR) is 99.3 cm³/mol. The Labute approximate surface area is 172 Å². The highest BCUT2D eigenvalue weighted by atomic mass is 32.2. The second-order valence-electron chi connectivity index (χ2n) is 6.74. The average Bonchev–Trinajstić information content (AvgIpc) is 3.05. The summed E-state index contributed by atoms with van der Waals surface area (Å²) in [5.74, 6) is -3.14. The molecule has 7 nitrogen and oxygen atoms in total. The van der Waals surface area contributed by atoms with E-state index in [-0.39, 0.29) is 21.2 Å². The van der Waals surface area contributed by atoms with Crippen LogP contribution in [-0.4, -0.2) is 30.2 Å². The molecule has 30 heavy (non-hydrogen) atoms. The summed E-state index contributed by atoms with van der Waals surface area (Å²) in [6.07, 6.45) is -4.63. The number of thiophene rings is 1. The number of aliphatic carboxylic acids is 1. The summed E-state index contributed by atoms with van der Waals surface area (Å²) < 4.78 is 69.8. The van der Waals surface area contributed by atoms with Gasteiger partial charge in [-0.05, 0) is 24.1 Å². The standard InChI is InChI=1S/C18H13F3N2O5S2/c19-18(20,21)14-8-12(22-28-14)13-6-7-15(29-13)30(26,27)23-17(16(24)25)9-11(17)10-4-2-1-3-5-10/h1-8,11,23H,9H2,(H,24,25)/t11-,17+/m1/s1. The van der Waals surface area contributed by atoms with Crippen molar-refractivity contribution in [2.45, 2.75) is 28.3 Å². The van der Waals surface area contributed by atoms with Gasteiger partial charge in [0.2, 0.25) is 5.76 Å². The number of carboxylic acid groups (broad SMARTS) is 1. The van der Waals surface area contributed by atoms with E-state index in [9.17, 15) is 31.5 Å². The van der Waals surface area contributed by atoms with Gasteiger partial charge < -0.3 is 9.63 Å². The van der Waals surface area contributed by atoms with E-state index in [1.165, 1.54) is 12.1 Å². The molecule has 158 valence electrons. The number of halogens is 3. The fraction of sp³-hybridized carbons (Fsp3) is 0.222. The number of sulfonamides is 1. The number of aromatic nitrogens is 1. The first kappa shape index (κ1) is 20.6. The number of carbonyl (C=O) groups is 1. The summed E-state index contributed by atoms with van der Waals surface area (Å²) in [5, 5.41) is 13.0. The van der Waals surface area contributed by atoms with E-state index in [0.717, 1.165) is 0 Å². The van der Waals surface area contributed by atoms with E-state index in [1.807, 2.05) is 0 Å². The van der Waals surface area contributed by atoms with Crippen LogP contribution in [0.3, 0.4) is 0 Å². The molecule has 1 aliphatic rings. The highest BCUT2D eigenvalue weighted by molar-refractivity contribution is 7.91. The zero-order valence-corrected chi connectivity index (χ0v) is 16.5. The number of hydrogen-bond acceptors (Lipinski definition) is 6. The SMILES string of the molecule is O=C(O)[C@]1(NS(=O)(=O)c2ccc(-c3cc(C(F)(F)F)on3)s2)C[C@@H]1c1ccccc1. The number of alkyl halides is 3. The second kappa shape index (κ2) is 6.93. The Morgan fingerprint density at radius 3 is 2.53 bits per heavy atom. The summed E-state index contributed by atoms with van der Waals surface area (Å²) in [6.45, 7) is 0. The minimum Gasteiger partial charge on any atom is -0.480 e. The maximum atomic E-state index is 12.8. The second-order valence-corrected chi connectivity index (χ2v) is 9.74. The third-order valence-electron chi connectivity index (χ3n) is 4.75. The van der Waals surface area contributed by atoms with Crippen molar-refractivity contribution in [1.29, 1.82) is 0 Å². The molecule has 0 amide bonds. The largest absolute Gasteiger partial charge is 0.480 e. The van der Waals surface area contributed by atoms with Crippen molar-refractivity contribution in [3.8, 4) is 10.6 Å². The normalized spacial score (nSPS) is 21.5. The van der Waals surface area contributed by atoms with E-state index in [0.29, 0.717) is 23.0 Å². The van der Waals surface area contributed by atoms with Crippen LogP contribution >= 0.6 is 11.3 Å². The predicted octanol–water partition coefficient (Wildman–Crippen LogP) is 3.71. The van der Waals surface area contributed by atoms with Crippen molar-refractivity contribution in [2.24, 2.45) is 0 Å². The lowest BCUT2D eigenvalue weighted by Gasteiger charge is -2.14. The molecule has 2 atom stereocenters. The van der Waals surface area contributed by atoms with E-state index in [1.54, 1.807) is 30.3 Å². The third kappa shape index (κ3) is 3.61. The molecule has 0 unspecified atom stereocenters. The molecule has 1 saturated carbocycles. The summed E-state index contributed by atoms with van der Waals surface area (Å²) >= 11 is 0.661. The van der Waals surface area contributed by atoms with Crippen molar-refractivity contribution < 1.29 is 36.0 Å². The van der Waals surface area contributed by atoms with Crippen molar-refractivity contribution in [2.75, 3.05) is 0 Å². The number of carboxylic acids is 1. The van der Waals surface area contributed by atoms with E-state index in [4.69, 9.17) is 0 Å². The number of benzene rings is 1. The lowest BCUT2D eigenvalue weighted by molar-refractivity contribution is -0.155. The Morgan fingerprint density at radius 1 is 1.23 bits per heavy atom. The highest BCUT2D eigenvalue weighted by Gasteiger charge is 2.63. The molecular weight excluding hydrogens is 445 g/mol. The molecule has 0 radical (unpaired) electrons. The number of nitrogens with one attached hydrogen (secondary N) is 1. The maximum Gasteiger partial charge on any atom is 0.452 e. The van der Waals surface area contributed by atoms with Gasteiger partial charge in [-0.1, -0.05) is 35.5 Å². The van der Waals surface area contributed by atoms with Crippen molar-refractivity contribution in [3.05, 3.63) is 59.9 Å². The molecule has 0 bridgehead atoms. The summed E-state index contributed by atoms with van der Waals surface area (Å²) in [4.78, 5) is 12.0. The van der Waals surface area contributed by atoms with Crippen LogP contribution in [0.1, 0.15) is 23.7 Å². The van der Waals surface area contributed by atoms with Gasteiger partial charge in [0.25, 0.3) is 10.0 Å². The number of hydrogen-bond donors (Lipinski definition) is 2. The molecule has 3 aromatic rings. The van der Waals surface area contributed by atoms with Gasteiger partial charge in [0.05, 0.1) is 4.88 Å². The molecule has 2 heterocycles. The summed E-state index contributed by atoms with van der Waals surface area (Å²) in [5.41, 5.74) is -1.16. The maximum absolute atomic E-state index is 12.8. The van der Waals surface area contributed by atoms with Gasteiger partial charge in [-0.2, -0.15) is 17.9 Å². The molecule has 12 heteroatoms. The summed E-state index contributed by atoms with van der Waals surface area (Å²) in [6, 6.07) is 11.8. The van der Waals surface area contributed by atoms with E-state index in [2.05, 4.69) is 14.4 Å². The van der Waals surface area contributed by atoms with Crippen LogP contribution in [0.15, 0.2) is 57.3 Å². The molecule has 0 saturated heterocycles. The van der Waals surface area contributed by atoms with Crippen LogP contribution in [0, 0.1) is 0 Å². The number of rotatable bonds is 6. The quantitative estimate of drug-likeness (QED) is 0.583. The Balaban J connectivity index is 1.59. The monoisotopic (exact) mass is 458 g/mol. The van der Waals surface area contributed by atoms with Crippen LogP contribution in [0.2, 0.25) is 0 Å². The minimum atomic E-state index is -4.72. The molecule has 1 aromatic carbocycles. The molecular formula is C18H13F3N2O5S2. The molecule has 0 aliphatic heterocycles. The first-order valence-corrected chi connectivity index (χ1v) is 10.8. The van der Waals surface area contributed by atoms with Crippen LogP contribution in [0.4, 0.5) is 13.2 Å². The lowest BCUT2D eigenvalue weighted by atomic mass is 10.1. The first-order valence-electron chi connectivity index (χ1n) is 8.49. The first-order chi connectivity index (χ1) is 14.0. The van der Waals surface area contributed by atoms with Gasteiger partial charge in [0.15, 0.2) is 0 Å². The molecule has 1 aliphatic carbocycles. The van der Waals surface area contributed by atoms with Crippen molar-refractivity contribution in [3.63, 3.8) is 0 Å². The third-order valence-corrected chi connectivity index (χ3v) is 7.86. The van der Waals surface area contributed by atoms with E-state index < -0.39 is 39.4 Å². The zero-order valence-electron chi connectivity index (χ0n) is 14.9. The molecule has 2 aromatic heterocycles. The number of nitrogens with zero attached hydrogens (tertiary/aromatic N) is 1. The molecule has 1 fully saturated rings. The highest BCUT2D eigenvalue weighted by Crippen LogP contribution is 2.52. The fourth-order valence-corrected chi connectivity index (χ4v) is 5.82. The topological polar surface area (TPSA) is 110 Å². The Kier molecular flexibility index (Phi) is 4.75. The smallest absolute Gasteiger partial charge is 0.452 e. The van der Waals surface area contributed by atoms with Gasteiger partial charge in [0.1, 0.15) is 15.4 Å². The Morgan fingerprint density at radius 2 is 1.93 bits per heavy atom.